The fourth-order valence-corrected chi connectivity index (χ4v) is 2.62. The molecule has 0 radical (unpaired) electrons. The highest BCUT2D eigenvalue weighted by Crippen LogP contribution is 2.34. The molecule has 2 nitrogen and oxygen atoms in total. The Hall–Kier alpha value is -1.18. The molecule has 0 aliphatic heterocycles. The highest BCUT2D eigenvalue weighted by molar-refractivity contribution is 5.70. The number of nitrogens with two attached hydrogens (primary N) is 1. The van der Waals surface area contributed by atoms with Crippen LogP contribution >= 0.6 is 0 Å². The minimum Gasteiger partial charge on any atom is -0.397 e. The molecule has 0 saturated heterocycles. The maximum Gasteiger partial charge on any atom is 0.0607 e. The van der Waals surface area contributed by atoms with E-state index in [1.165, 1.54) is 37.7 Å². The second kappa shape index (κ2) is 4.36. The maximum atomic E-state index is 6.03. The molecule has 1 aliphatic rings. The number of para-hydroxylation sites is 1. The van der Waals surface area contributed by atoms with E-state index in [0.29, 0.717) is 0 Å². The summed E-state index contributed by atoms with van der Waals surface area (Å²) in [6.45, 7) is 4.43. The van der Waals surface area contributed by atoms with Crippen LogP contribution in [0.15, 0.2) is 18.2 Å². The van der Waals surface area contributed by atoms with E-state index < -0.39 is 0 Å². The largest absolute Gasteiger partial charge is 0.397 e. The molecule has 0 atom stereocenters. The third-order valence-corrected chi connectivity index (χ3v) is 3.69. The molecule has 3 N–H and O–H groups in total. The Labute approximate surface area is 98.2 Å². The quantitative estimate of drug-likeness (QED) is 0.743. The molecule has 1 aromatic rings. The second-order valence-corrected chi connectivity index (χ2v) is 5.29. The van der Waals surface area contributed by atoms with Gasteiger partial charge in [-0.2, -0.15) is 0 Å². The lowest BCUT2D eigenvalue weighted by molar-refractivity contribution is 0.349. The fourth-order valence-electron chi connectivity index (χ4n) is 2.62. The van der Waals surface area contributed by atoms with Gasteiger partial charge in [-0.3, -0.25) is 0 Å². The Balaban J connectivity index is 2.19. The highest BCUT2D eigenvalue weighted by Gasteiger charge is 2.27. The number of aryl methyl sites for hydroxylation is 1. The van der Waals surface area contributed by atoms with Gasteiger partial charge in [-0.25, -0.2) is 0 Å². The monoisotopic (exact) mass is 218 g/mol. The lowest BCUT2D eigenvalue weighted by atomic mass is 9.83. The van der Waals surface area contributed by atoms with Crippen molar-refractivity contribution in [1.29, 1.82) is 0 Å². The molecule has 1 fully saturated rings. The van der Waals surface area contributed by atoms with Crippen LogP contribution in [0.5, 0.6) is 0 Å². The van der Waals surface area contributed by atoms with Gasteiger partial charge in [0.15, 0.2) is 0 Å². The molecule has 1 aromatic carbocycles. The van der Waals surface area contributed by atoms with Crippen molar-refractivity contribution in [3.8, 4) is 0 Å². The molecule has 88 valence electrons. The van der Waals surface area contributed by atoms with Gasteiger partial charge in [-0.05, 0) is 38.3 Å². The van der Waals surface area contributed by atoms with Gasteiger partial charge < -0.3 is 11.1 Å². The first-order chi connectivity index (χ1) is 7.61. The number of nitrogens with one attached hydrogen (secondary N) is 1. The van der Waals surface area contributed by atoms with Crippen LogP contribution < -0.4 is 11.1 Å². The van der Waals surface area contributed by atoms with Crippen molar-refractivity contribution in [2.24, 2.45) is 0 Å². The predicted octanol–water partition coefficient (Wildman–Crippen LogP) is 3.71. The van der Waals surface area contributed by atoms with Gasteiger partial charge in [0.25, 0.3) is 0 Å². The summed E-state index contributed by atoms with van der Waals surface area (Å²) in [5.74, 6) is 0. The topological polar surface area (TPSA) is 38.0 Å². The SMILES string of the molecule is Cc1cccc(N)c1NC1(C)CCCCC1. The Morgan fingerprint density at radius 2 is 1.88 bits per heavy atom. The molecule has 0 aromatic heterocycles. The van der Waals surface area contributed by atoms with E-state index in [0.717, 1.165) is 11.4 Å². The number of hydrogen-bond acceptors (Lipinski definition) is 2. The molecule has 16 heavy (non-hydrogen) atoms. The van der Waals surface area contributed by atoms with E-state index >= 15 is 0 Å². The first-order valence-electron chi connectivity index (χ1n) is 6.24. The van der Waals surface area contributed by atoms with Crippen LogP contribution in [0.1, 0.15) is 44.6 Å². The number of rotatable bonds is 2. The number of nitrogen functional groups attached to an aromatic ring is 1. The van der Waals surface area contributed by atoms with Crippen LogP contribution in [0.2, 0.25) is 0 Å². The standard InChI is InChI=1S/C14H22N2/c1-11-7-6-8-12(15)13(11)16-14(2)9-4-3-5-10-14/h6-8,16H,3-5,9-10,15H2,1-2H3. The summed E-state index contributed by atoms with van der Waals surface area (Å²) in [7, 11) is 0. The van der Waals surface area contributed by atoms with Gasteiger partial charge in [0.2, 0.25) is 0 Å². The van der Waals surface area contributed by atoms with Crippen molar-refractivity contribution < 1.29 is 0 Å². The van der Waals surface area contributed by atoms with Gasteiger partial charge in [0, 0.05) is 5.54 Å². The van der Waals surface area contributed by atoms with E-state index in [4.69, 9.17) is 5.73 Å². The van der Waals surface area contributed by atoms with Crippen LogP contribution in [-0.4, -0.2) is 5.54 Å². The molecule has 0 spiro atoms. The minimum absolute atomic E-state index is 0.235. The van der Waals surface area contributed by atoms with Crippen LogP contribution in [0.4, 0.5) is 11.4 Å². The third kappa shape index (κ3) is 2.31. The highest BCUT2D eigenvalue weighted by atomic mass is 15.0. The third-order valence-electron chi connectivity index (χ3n) is 3.69. The summed E-state index contributed by atoms with van der Waals surface area (Å²) in [6.07, 6.45) is 6.53. The first-order valence-corrected chi connectivity index (χ1v) is 6.24. The van der Waals surface area contributed by atoms with Crippen molar-refractivity contribution in [2.75, 3.05) is 11.1 Å². The summed E-state index contributed by atoms with van der Waals surface area (Å²) in [5, 5.41) is 3.67. The summed E-state index contributed by atoms with van der Waals surface area (Å²) >= 11 is 0. The molecular formula is C14H22N2. The van der Waals surface area contributed by atoms with E-state index in [1.807, 2.05) is 12.1 Å². The summed E-state index contributed by atoms with van der Waals surface area (Å²) in [6, 6.07) is 6.10. The fraction of sp³-hybridized carbons (Fsp3) is 0.571. The zero-order valence-electron chi connectivity index (χ0n) is 10.3. The van der Waals surface area contributed by atoms with Gasteiger partial charge >= 0.3 is 0 Å². The molecule has 0 amide bonds. The molecule has 1 aliphatic carbocycles. The van der Waals surface area contributed by atoms with Crippen LogP contribution in [-0.2, 0) is 0 Å². The number of hydrogen-bond donors (Lipinski definition) is 2. The minimum atomic E-state index is 0.235. The van der Waals surface area contributed by atoms with Gasteiger partial charge in [0.1, 0.15) is 0 Å². The van der Waals surface area contributed by atoms with Crippen LogP contribution in [0.25, 0.3) is 0 Å². The van der Waals surface area contributed by atoms with Gasteiger partial charge in [-0.1, -0.05) is 31.4 Å². The average Bonchev–Trinajstić information content (AvgIpc) is 2.25. The first kappa shape index (κ1) is 11.3. The molecular weight excluding hydrogens is 196 g/mol. The zero-order chi connectivity index (χ0) is 11.6. The average molecular weight is 218 g/mol. The number of benzene rings is 1. The Bertz CT molecular complexity index is 345. The van der Waals surface area contributed by atoms with E-state index in [1.54, 1.807) is 0 Å². The van der Waals surface area contributed by atoms with Crippen molar-refractivity contribution in [2.45, 2.75) is 51.5 Å². The maximum absolute atomic E-state index is 6.03. The summed E-state index contributed by atoms with van der Waals surface area (Å²) in [4.78, 5) is 0. The molecule has 0 heterocycles. The second-order valence-electron chi connectivity index (χ2n) is 5.29. The molecule has 0 unspecified atom stereocenters. The lowest BCUT2D eigenvalue weighted by Gasteiger charge is -2.36. The summed E-state index contributed by atoms with van der Waals surface area (Å²) in [5.41, 5.74) is 9.51. The molecule has 2 heteroatoms. The van der Waals surface area contributed by atoms with Crippen LogP contribution in [0.3, 0.4) is 0 Å². The predicted molar refractivity (Wildman–Crippen MR) is 70.7 cm³/mol. The van der Waals surface area contributed by atoms with Crippen LogP contribution in [0, 0.1) is 6.92 Å². The van der Waals surface area contributed by atoms with E-state index in [2.05, 4.69) is 25.2 Å². The van der Waals surface area contributed by atoms with E-state index in [-0.39, 0.29) is 5.54 Å². The van der Waals surface area contributed by atoms with Crippen molar-refractivity contribution >= 4 is 11.4 Å². The lowest BCUT2D eigenvalue weighted by Crippen LogP contribution is -2.37. The van der Waals surface area contributed by atoms with Crippen molar-refractivity contribution in [3.05, 3.63) is 23.8 Å². The molecule has 0 bridgehead atoms. The summed E-state index contributed by atoms with van der Waals surface area (Å²) < 4.78 is 0. The Kier molecular flexibility index (Phi) is 3.08. The van der Waals surface area contributed by atoms with Gasteiger partial charge in [-0.15, -0.1) is 0 Å². The van der Waals surface area contributed by atoms with Crippen molar-refractivity contribution in [3.63, 3.8) is 0 Å². The van der Waals surface area contributed by atoms with Gasteiger partial charge in [0.05, 0.1) is 11.4 Å². The smallest absolute Gasteiger partial charge is 0.0607 e. The van der Waals surface area contributed by atoms with Crippen molar-refractivity contribution in [1.82, 2.24) is 0 Å². The molecule has 2 rings (SSSR count). The Morgan fingerprint density at radius 1 is 1.19 bits per heavy atom. The molecule has 1 saturated carbocycles. The Morgan fingerprint density at radius 3 is 2.50 bits per heavy atom. The number of anilines is 2. The zero-order valence-corrected chi connectivity index (χ0v) is 10.3. The normalized spacial score (nSPS) is 19.4. The van der Waals surface area contributed by atoms with E-state index in [9.17, 15) is 0 Å².